The lowest BCUT2D eigenvalue weighted by molar-refractivity contribution is -0.136. The van der Waals surface area contributed by atoms with Gasteiger partial charge in [0.15, 0.2) is 0 Å². The van der Waals surface area contributed by atoms with Crippen LogP contribution in [0.3, 0.4) is 0 Å². The average molecular weight is 809 g/mol. The summed E-state index contributed by atoms with van der Waals surface area (Å²) in [6.45, 7) is 13.2. The van der Waals surface area contributed by atoms with Crippen LogP contribution in [0.4, 0.5) is 11.6 Å². The van der Waals surface area contributed by atoms with E-state index in [0.717, 1.165) is 86.6 Å². The smallest absolute Gasteiger partial charge is 0.255 e. The van der Waals surface area contributed by atoms with Gasteiger partial charge in [-0.15, -0.1) is 0 Å². The van der Waals surface area contributed by atoms with Crippen LogP contribution in [0.25, 0.3) is 10.9 Å². The Morgan fingerprint density at radius 1 is 0.950 bits per heavy atom. The van der Waals surface area contributed by atoms with Gasteiger partial charge in [-0.05, 0) is 79.6 Å². The molecule has 60 heavy (non-hydrogen) atoms. The fourth-order valence-electron chi connectivity index (χ4n) is 11.1. The number of piperazine rings is 1. The second-order valence-electron chi connectivity index (χ2n) is 18.0. The number of nitrogens with zero attached hydrogens (tertiary/aromatic N) is 8. The maximum atomic E-state index is 13.8. The number of rotatable bonds is 7. The number of carbonyl (C=O) groups excluding carboxylic acids is 4. The molecule has 6 aliphatic rings. The van der Waals surface area contributed by atoms with E-state index in [1.807, 2.05) is 24.3 Å². The fraction of sp³-hybridized carbons (Fsp3) is 0.467. The minimum Gasteiger partial charge on any atom is -0.488 e. The summed E-state index contributed by atoms with van der Waals surface area (Å²) in [6.07, 6.45) is 7.48. The molecule has 2 aromatic heterocycles. The Kier molecular flexibility index (Phi) is 9.05. The molecule has 1 aliphatic carbocycles. The number of ether oxygens (including phenoxy) is 1. The van der Waals surface area contributed by atoms with Crippen LogP contribution in [-0.4, -0.2) is 112 Å². The minimum atomic E-state index is -0.610. The first kappa shape index (κ1) is 38.1. The second kappa shape index (κ2) is 14.3. The highest BCUT2D eigenvalue weighted by Gasteiger charge is 2.69. The van der Waals surface area contributed by atoms with Gasteiger partial charge >= 0.3 is 0 Å². The Hall–Kier alpha value is -6.14. The monoisotopic (exact) mass is 808 g/mol. The molecule has 4 fully saturated rings. The Bertz CT molecular complexity index is 2490. The van der Waals surface area contributed by atoms with E-state index in [9.17, 15) is 24.4 Å². The molecule has 3 saturated heterocycles. The number of hydrogen-bond donors (Lipinski definition) is 2. The van der Waals surface area contributed by atoms with E-state index in [1.54, 1.807) is 29.6 Å². The van der Waals surface area contributed by atoms with Crippen molar-refractivity contribution in [3.05, 3.63) is 82.8 Å². The molecule has 15 heteroatoms. The summed E-state index contributed by atoms with van der Waals surface area (Å²) in [4.78, 5) is 73.6. The van der Waals surface area contributed by atoms with Crippen LogP contribution < -0.4 is 25.2 Å². The van der Waals surface area contributed by atoms with Gasteiger partial charge in [0.25, 0.3) is 11.8 Å². The summed E-state index contributed by atoms with van der Waals surface area (Å²) in [7, 11) is 0. The van der Waals surface area contributed by atoms with Gasteiger partial charge in [0.2, 0.25) is 17.8 Å². The lowest BCUT2D eigenvalue weighted by Crippen LogP contribution is -2.78. The molecule has 2 N–H and O–H groups in total. The van der Waals surface area contributed by atoms with Gasteiger partial charge in [-0.1, -0.05) is 13.8 Å². The highest BCUT2D eigenvalue weighted by molar-refractivity contribution is 6.05. The molecule has 7 heterocycles. The molecule has 4 amide bonds. The summed E-state index contributed by atoms with van der Waals surface area (Å²) in [5.41, 5.74) is 4.29. The molecule has 15 nitrogen and oxygen atoms in total. The molecule has 4 atom stereocenters. The molecule has 10 rings (SSSR count). The van der Waals surface area contributed by atoms with E-state index in [4.69, 9.17) is 4.74 Å². The number of hydrogen-bond acceptors (Lipinski definition) is 12. The van der Waals surface area contributed by atoms with E-state index in [2.05, 4.69) is 73.2 Å². The maximum absolute atomic E-state index is 13.8. The quantitative estimate of drug-likeness (QED) is 0.260. The lowest BCUT2D eigenvalue weighted by Gasteiger charge is -2.66. The van der Waals surface area contributed by atoms with E-state index in [0.29, 0.717) is 47.0 Å². The van der Waals surface area contributed by atoms with Gasteiger partial charge in [0, 0.05) is 99.4 Å². The molecule has 1 unspecified atom stereocenters. The van der Waals surface area contributed by atoms with E-state index >= 15 is 0 Å². The van der Waals surface area contributed by atoms with Crippen molar-refractivity contribution in [1.29, 1.82) is 5.26 Å². The minimum absolute atomic E-state index is 0.147. The van der Waals surface area contributed by atoms with Crippen LogP contribution in [0.5, 0.6) is 5.75 Å². The number of aromatic nitrogens is 3. The molecular weight excluding hydrogens is 761 g/mol. The number of carbonyl (C=O) groups is 4. The number of piperidine rings is 2. The fourth-order valence-corrected chi connectivity index (χ4v) is 11.1. The molecule has 4 aromatic rings. The highest BCUT2D eigenvalue weighted by Crippen LogP contribution is 2.61. The predicted molar refractivity (Wildman–Crippen MR) is 221 cm³/mol. The summed E-state index contributed by atoms with van der Waals surface area (Å²) in [5, 5.41) is 16.2. The van der Waals surface area contributed by atoms with Gasteiger partial charge < -0.3 is 24.8 Å². The Balaban J connectivity index is 0.713. The van der Waals surface area contributed by atoms with E-state index in [-0.39, 0.29) is 41.7 Å². The summed E-state index contributed by atoms with van der Waals surface area (Å²) in [6, 6.07) is 13.0. The van der Waals surface area contributed by atoms with E-state index < -0.39 is 17.4 Å². The van der Waals surface area contributed by atoms with E-state index in [1.165, 1.54) is 0 Å². The number of amides is 4. The number of fused-ring (bicyclic) bond motifs is 3. The van der Waals surface area contributed by atoms with Crippen LogP contribution >= 0.6 is 0 Å². The van der Waals surface area contributed by atoms with Crippen LogP contribution in [-0.2, 0) is 21.5 Å². The zero-order valence-corrected chi connectivity index (χ0v) is 34.1. The molecule has 308 valence electrons. The Morgan fingerprint density at radius 3 is 2.45 bits per heavy atom. The molecule has 5 aliphatic heterocycles. The molecule has 0 spiro atoms. The van der Waals surface area contributed by atoms with Crippen molar-refractivity contribution in [3.8, 4) is 11.8 Å². The lowest BCUT2D eigenvalue weighted by atomic mass is 9.45. The zero-order chi connectivity index (χ0) is 41.5. The summed E-state index contributed by atoms with van der Waals surface area (Å²) >= 11 is 0. The number of pyridine rings is 1. The maximum Gasteiger partial charge on any atom is 0.255 e. The van der Waals surface area contributed by atoms with Gasteiger partial charge in [-0.25, -0.2) is 9.97 Å². The average Bonchev–Trinajstić information content (AvgIpc) is 3.59. The molecule has 0 radical (unpaired) electrons. The molecule has 2 aromatic carbocycles. The van der Waals surface area contributed by atoms with Crippen molar-refractivity contribution >= 4 is 46.2 Å². The molecule has 0 bridgehead atoms. The van der Waals surface area contributed by atoms with Crippen LogP contribution in [0, 0.1) is 22.7 Å². The number of nitrogens with one attached hydrogen (secondary N) is 2. The van der Waals surface area contributed by atoms with Crippen LogP contribution in [0.2, 0.25) is 0 Å². The first-order valence-electron chi connectivity index (χ1n) is 21.1. The SMILES string of the molecule is CC1(C)[C@H](NC(=O)c2cnc(N3CCC(CN4CCN(c5ccc6c(c5)CN([C@H]5CCC(=O)NC5=O)C6=O)CC4)CC3)nc2)C2(C)c3ccnc4c(C#N)ccc(c34)O[C@@H]12. The van der Waals surface area contributed by atoms with Gasteiger partial charge in [-0.2, -0.15) is 5.26 Å². The first-order valence-corrected chi connectivity index (χ1v) is 21.1. The third-order valence-corrected chi connectivity index (χ3v) is 14.2. The van der Waals surface area contributed by atoms with Gasteiger partial charge in [-0.3, -0.25) is 34.4 Å². The number of benzene rings is 2. The zero-order valence-electron chi connectivity index (χ0n) is 34.1. The third kappa shape index (κ3) is 6.05. The second-order valence-corrected chi connectivity index (χ2v) is 18.0. The normalized spacial score (nSPS) is 26.1. The van der Waals surface area contributed by atoms with Crippen molar-refractivity contribution in [2.24, 2.45) is 11.3 Å². The Labute approximate surface area is 348 Å². The van der Waals surface area contributed by atoms with Crippen molar-refractivity contribution in [3.63, 3.8) is 0 Å². The Morgan fingerprint density at radius 2 is 1.72 bits per heavy atom. The number of nitriles is 1. The predicted octanol–water partition coefficient (Wildman–Crippen LogP) is 3.55. The van der Waals surface area contributed by atoms with Gasteiger partial charge in [0.1, 0.15) is 24.0 Å². The first-order chi connectivity index (χ1) is 28.9. The van der Waals surface area contributed by atoms with Crippen molar-refractivity contribution in [2.75, 3.05) is 55.6 Å². The van der Waals surface area contributed by atoms with Crippen molar-refractivity contribution in [1.82, 2.24) is 35.4 Å². The van der Waals surface area contributed by atoms with Crippen LogP contribution in [0.15, 0.2) is 55.0 Å². The standard InChI is InChI=1S/C45H48N10O5/c1-44(2)41(45(3)32-10-13-47-37-27(21-46)4-8-34(36(32)37)60-42(44)45)51-38(57)29-22-48-43(49-23-29)54-14-11-26(12-15-54)24-52-16-18-53(19-17-52)30-5-6-31-28(20-30)25-55(40(31)59)33-7-9-35(56)50-39(33)58/h4-6,8,10,13,20,22-23,26,33,41-42H,7,9,11-12,14-19,24-25H2,1-3H3,(H,51,57)(H,50,56,58)/t33-,41-,42-,45?/m0/s1. The van der Waals surface area contributed by atoms with Gasteiger partial charge in [0.05, 0.1) is 28.1 Å². The van der Waals surface area contributed by atoms with Crippen LogP contribution in [0.1, 0.15) is 83.9 Å². The molecular formula is C45H48N10O5. The topological polar surface area (TPSA) is 177 Å². The highest BCUT2D eigenvalue weighted by atomic mass is 16.5. The summed E-state index contributed by atoms with van der Waals surface area (Å²) in [5.74, 6) is 0.869. The largest absolute Gasteiger partial charge is 0.488 e. The summed E-state index contributed by atoms with van der Waals surface area (Å²) < 4.78 is 6.57. The number of imide groups is 1. The molecule has 1 saturated carbocycles. The third-order valence-electron chi connectivity index (χ3n) is 14.2. The van der Waals surface area contributed by atoms with Crippen molar-refractivity contribution < 1.29 is 23.9 Å². The number of anilines is 2. The van der Waals surface area contributed by atoms with Crippen molar-refractivity contribution in [2.45, 2.75) is 76.6 Å².